The number of nitriles is 1. The number of aromatic nitrogens is 3. The molecule has 0 radical (unpaired) electrons. The van der Waals surface area contributed by atoms with Gasteiger partial charge in [-0.3, -0.25) is 9.69 Å². The Hall–Kier alpha value is -3.95. The minimum Gasteiger partial charge on any atom is -0.459 e. The summed E-state index contributed by atoms with van der Waals surface area (Å²) in [7, 11) is 2.12. The summed E-state index contributed by atoms with van der Waals surface area (Å²) in [6.07, 6.45) is 6.15. The SMILES string of the molecule is C=CC(=O)N1CCN(c2cc(-c3cc(C4(C)CCCc5sc(N)c(C#N)c54)on3)nc(O[C@@H](C)[C@@H]3CCCN3C)n2)CC1. The number of likely N-dealkylation sites (tertiary alicyclic amines) is 1. The molecular weight excluding hydrogens is 564 g/mol. The molecular formula is C31H38N8O3S. The lowest BCUT2D eigenvalue weighted by Crippen LogP contribution is -2.48. The number of carbonyl (C=O) groups excluding carboxylic acids is 1. The molecule has 1 unspecified atom stereocenters. The number of nitrogens with two attached hydrogens (primary N) is 1. The zero-order valence-electron chi connectivity index (χ0n) is 25.0. The summed E-state index contributed by atoms with van der Waals surface area (Å²) in [4.78, 5) is 29.2. The molecule has 0 aromatic carbocycles. The van der Waals surface area contributed by atoms with E-state index in [2.05, 4.69) is 48.5 Å². The van der Waals surface area contributed by atoms with Crippen molar-refractivity contribution in [1.82, 2.24) is 24.9 Å². The average molecular weight is 603 g/mol. The highest BCUT2D eigenvalue weighted by molar-refractivity contribution is 7.16. The van der Waals surface area contributed by atoms with Crippen LogP contribution >= 0.6 is 11.3 Å². The Morgan fingerprint density at radius 1 is 1.26 bits per heavy atom. The first-order valence-electron chi connectivity index (χ1n) is 14.9. The lowest BCUT2D eigenvalue weighted by atomic mass is 9.71. The second-order valence-corrected chi connectivity index (χ2v) is 13.1. The molecule has 2 fully saturated rings. The Kier molecular flexibility index (Phi) is 7.87. The van der Waals surface area contributed by atoms with E-state index >= 15 is 0 Å². The van der Waals surface area contributed by atoms with E-state index in [9.17, 15) is 10.1 Å². The van der Waals surface area contributed by atoms with E-state index in [0.717, 1.165) is 49.1 Å². The monoisotopic (exact) mass is 602 g/mol. The van der Waals surface area contributed by atoms with E-state index in [4.69, 9.17) is 25.0 Å². The maximum absolute atomic E-state index is 12.2. The highest BCUT2D eigenvalue weighted by Gasteiger charge is 2.42. The van der Waals surface area contributed by atoms with Crippen LogP contribution in [0.25, 0.3) is 11.4 Å². The molecule has 1 amide bonds. The van der Waals surface area contributed by atoms with Crippen molar-refractivity contribution in [2.24, 2.45) is 0 Å². The molecule has 0 saturated carbocycles. The number of ether oxygens (including phenoxy) is 1. The third kappa shape index (κ3) is 5.36. The Balaban J connectivity index is 1.34. The first-order valence-corrected chi connectivity index (χ1v) is 15.7. The van der Waals surface area contributed by atoms with E-state index in [-0.39, 0.29) is 24.1 Å². The minimum atomic E-state index is -0.525. The predicted molar refractivity (Wildman–Crippen MR) is 165 cm³/mol. The summed E-state index contributed by atoms with van der Waals surface area (Å²) in [5.74, 6) is 1.33. The summed E-state index contributed by atoms with van der Waals surface area (Å²) in [5, 5.41) is 14.9. The molecule has 2 saturated heterocycles. The van der Waals surface area contributed by atoms with Crippen LogP contribution in [0, 0.1) is 11.3 Å². The molecule has 12 heteroatoms. The second-order valence-electron chi connectivity index (χ2n) is 11.9. The molecule has 3 atom stereocenters. The number of carbonyl (C=O) groups is 1. The maximum atomic E-state index is 12.2. The number of thiophene rings is 1. The third-order valence-corrected chi connectivity index (χ3v) is 10.3. The van der Waals surface area contributed by atoms with E-state index in [1.165, 1.54) is 17.4 Å². The van der Waals surface area contributed by atoms with Gasteiger partial charge >= 0.3 is 6.01 Å². The first kappa shape index (κ1) is 29.1. The maximum Gasteiger partial charge on any atom is 0.319 e. The summed E-state index contributed by atoms with van der Waals surface area (Å²) in [6.45, 7) is 11.2. The fourth-order valence-electron chi connectivity index (χ4n) is 6.82. The van der Waals surface area contributed by atoms with Gasteiger partial charge in [0.15, 0.2) is 0 Å². The van der Waals surface area contributed by atoms with E-state index in [1.807, 2.05) is 12.1 Å². The fraction of sp³-hybridized carbons (Fsp3) is 0.516. The van der Waals surface area contributed by atoms with Crippen molar-refractivity contribution in [1.29, 1.82) is 5.26 Å². The molecule has 2 aliphatic heterocycles. The van der Waals surface area contributed by atoms with E-state index < -0.39 is 5.41 Å². The predicted octanol–water partition coefficient (Wildman–Crippen LogP) is 3.99. The van der Waals surface area contributed by atoms with Gasteiger partial charge in [-0.1, -0.05) is 11.7 Å². The van der Waals surface area contributed by atoms with Gasteiger partial charge in [0.05, 0.1) is 11.0 Å². The molecule has 226 valence electrons. The minimum absolute atomic E-state index is 0.0667. The quantitative estimate of drug-likeness (QED) is 0.395. The molecule has 0 spiro atoms. The van der Waals surface area contributed by atoms with Crippen molar-refractivity contribution >= 4 is 28.1 Å². The van der Waals surface area contributed by atoms with E-state index in [0.29, 0.717) is 59.7 Å². The van der Waals surface area contributed by atoms with Gasteiger partial charge in [-0.25, -0.2) is 0 Å². The molecule has 6 rings (SSSR count). The zero-order valence-corrected chi connectivity index (χ0v) is 25.8. The number of nitrogen functional groups attached to an aromatic ring is 1. The topological polar surface area (TPSA) is 138 Å². The first-order chi connectivity index (χ1) is 20.7. The standard InChI is InChI=1S/C31H38N8O3S/c1-5-27(40)39-14-12-38(13-15-39)26-17-21(34-30(35-26)41-19(2)23-8-7-11-37(23)4)22-16-25(42-36-22)31(3)10-6-9-24-28(31)20(18-32)29(33)43-24/h5,16-17,19,23H,1,6-15,33H2,2-4H3/t19-,23-,31?/m0/s1. The average Bonchev–Trinajstić information content (AvgIpc) is 3.75. The smallest absolute Gasteiger partial charge is 0.319 e. The number of aryl methyl sites for hydroxylation is 1. The molecule has 11 nitrogen and oxygen atoms in total. The summed E-state index contributed by atoms with van der Waals surface area (Å²) in [5.41, 5.74) is 8.39. The zero-order chi connectivity index (χ0) is 30.3. The van der Waals surface area contributed by atoms with Crippen molar-refractivity contribution in [3.63, 3.8) is 0 Å². The Morgan fingerprint density at radius 3 is 2.74 bits per heavy atom. The molecule has 43 heavy (non-hydrogen) atoms. The van der Waals surface area contributed by atoms with Gasteiger partial charge < -0.3 is 24.8 Å². The van der Waals surface area contributed by atoms with Gasteiger partial charge in [0.25, 0.3) is 0 Å². The van der Waals surface area contributed by atoms with Crippen LogP contribution in [0.3, 0.4) is 0 Å². The van der Waals surface area contributed by atoms with Crippen molar-refractivity contribution < 1.29 is 14.1 Å². The van der Waals surface area contributed by atoms with Gasteiger partial charge in [0.1, 0.15) is 40.1 Å². The number of likely N-dealkylation sites (N-methyl/N-ethyl adjacent to an activating group) is 1. The summed E-state index contributed by atoms with van der Waals surface area (Å²) < 4.78 is 12.4. The highest BCUT2D eigenvalue weighted by atomic mass is 32.1. The number of rotatable bonds is 7. The van der Waals surface area contributed by atoms with Crippen LogP contribution in [-0.2, 0) is 16.6 Å². The molecule has 0 bridgehead atoms. The molecule has 1 aliphatic carbocycles. The normalized spacial score (nSPS) is 23.1. The molecule has 2 N–H and O–H groups in total. The second kappa shape index (κ2) is 11.6. The number of amides is 1. The number of fused-ring (bicyclic) bond motifs is 1. The van der Waals surface area contributed by atoms with Gasteiger partial charge in [0.2, 0.25) is 5.91 Å². The third-order valence-electron chi connectivity index (χ3n) is 9.26. The number of hydrogen-bond donors (Lipinski definition) is 1. The van der Waals surface area contributed by atoms with Gasteiger partial charge in [0, 0.05) is 49.2 Å². The van der Waals surface area contributed by atoms with E-state index in [1.54, 1.807) is 4.90 Å². The van der Waals surface area contributed by atoms with Crippen molar-refractivity contribution in [3.8, 4) is 23.5 Å². The van der Waals surface area contributed by atoms with Crippen LogP contribution in [-0.4, -0.2) is 82.7 Å². The van der Waals surface area contributed by atoms with Gasteiger partial charge in [-0.05, 0) is 71.2 Å². The molecule has 5 heterocycles. The lowest BCUT2D eigenvalue weighted by molar-refractivity contribution is -0.126. The molecule has 3 aromatic rings. The largest absolute Gasteiger partial charge is 0.459 e. The number of piperazine rings is 1. The number of hydrogen-bond acceptors (Lipinski definition) is 11. The van der Waals surface area contributed by atoms with Crippen LogP contribution in [0.4, 0.5) is 10.8 Å². The van der Waals surface area contributed by atoms with Crippen LogP contribution in [0.15, 0.2) is 29.3 Å². The van der Waals surface area contributed by atoms with Crippen LogP contribution in [0.5, 0.6) is 6.01 Å². The molecule has 3 aliphatic rings. The summed E-state index contributed by atoms with van der Waals surface area (Å²) in [6, 6.07) is 6.73. The highest BCUT2D eigenvalue weighted by Crippen LogP contribution is 2.49. The Morgan fingerprint density at radius 2 is 2.05 bits per heavy atom. The van der Waals surface area contributed by atoms with Crippen LogP contribution in [0.1, 0.15) is 61.3 Å². The van der Waals surface area contributed by atoms with Crippen LogP contribution < -0.4 is 15.4 Å². The molecule has 3 aromatic heterocycles. The fourth-order valence-corrected chi connectivity index (χ4v) is 8.01. The van der Waals surface area contributed by atoms with Crippen molar-refractivity contribution in [3.05, 3.63) is 46.6 Å². The van der Waals surface area contributed by atoms with Crippen molar-refractivity contribution in [2.75, 3.05) is 50.4 Å². The lowest BCUT2D eigenvalue weighted by Gasteiger charge is -2.35. The van der Waals surface area contributed by atoms with Crippen LogP contribution in [0.2, 0.25) is 0 Å². The van der Waals surface area contributed by atoms with Gasteiger partial charge in [-0.2, -0.15) is 15.2 Å². The van der Waals surface area contributed by atoms with Crippen molar-refractivity contribution in [2.45, 2.75) is 63.5 Å². The Bertz CT molecular complexity index is 1570. The number of nitrogens with zero attached hydrogens (tertiary/aromatic N) is 7. The number of anilines is 2. The van der Waals surface area contributed by atoms with Gasteiger partial charge in [-0.15, -0.1) is 11.3 Å². The summed E-state index contributed by atoms with van der Waals surface area (Å²) >= 11 is 1.50. The Labute approximate surface area is 255 Å².